The van der Waals surface area contributed by atoms with E-state index in [1.807, 2.05) is 21.1 Å². The minimum Gasteiger partial charge on any atom is -1.00 e. The monoisotopic (exact) mass is 387 g/mol. The fraction of sp³-hybridized carbons (Fsp3) is 0.417. The molecule has 0 aromatic heterocycles. The molecule has 0 bridgehead atoms. The number of halogens is 3. The maximum absolute atomic E-state index is 11.9. The summed E-state index contributed by atoms with van der Waals surface area (Å²) in [6.45, 7) is 0.779. The molecule has 1 rings (SSSR count). The molecule has 0 heterocycles. The van der Waals surface area contributed by atoms with Gasteiger partial charge in [-0.3, -0.25) is 4.79 Å². The topological polar surface area (TPSA) is 17.1 Å². The zero-order valence-electron chi connectivity index (χ0n) is 10.1. The average Bonchev–Trinajstić information content (AvgIpc) is 2.17. The lowest BCUT2D eigenvalue weighted by Gasteiger charge is -2.23. The van der Waals surface area contributed by atoms with Gasteiger partial charge in [-0.2, -0.15) is 0 Å². The fourth-order valence-electron chi connectivity index (χ4n) is 1.28. The minimum absolute atomic E-state index is 0. The Morgan fingerprint density at radius 3 is 2.35 bits per heavy atom. The summed E-state index contributed by atoms with van der Waals surface area (Å²) in [6.07, 6.45) is 0.476. The number of ketones is 1. The number of Topliss-reactive ketones (excluding diaryl/α,β-unsaturated/α-hetero) is 1. The first-order valence-electron chi connectivity index (χ1n) is 5.08. The number of hydrogen-bond donors (Lipinski definition) is 0. The first-order chi connectivity index (χ1) is 7.29. The second-order valence-electron chi connectivity index (χ2n) is 4.81. The molecule has 0 spiro atoms. The predicted molar refractivity (Wildman–Crippen MR) is 68.3 cm³/mol. The van der Waals surface area contributed by atoms with Gasteiger partial charge >= 0.3 is 0 Å². The van der Waals surface area contributed by atoms with Crippen LogP contribution in [0.4, 0.5) is 0 Å². The van der Waals surface area contributed by atoms with E-state index in [-0.39, 0.29) is 29.8 Å². The van der Waals surface area contributed by atoms with Gasteiger partial charge in [0, 0.05) is 10.6 Å². The highest BCUT2D eigenvalue weighted by Crippen LogP contribution is 2.22. The van der Waals surface area contributed by atoms with Crippen molar-refractivity contribution in [2.75, 3.05) is 27.7 Å². The quantitative estimate of drug-likeness (QED) is 0.412. The second-order valence-corrected chi connectivity index (χ2v) is 5.65. The number of hydrogen-bond acceptors (Lipinski definition) is 1. The lowest BCUT2D eigenvalue weighted by Crippen LogP contribution is -3.00. The fourth-order valence-corrected chi connectivity index (χ4v) is 1.68. The van der Waals surface area contributed by atoms with Gasteiger partial charge < -0.3 is 28.5 Å². The molecular weight excluding hydrogens is 372 g/mol. The molecule has 0 radical (unpaired) electrons. The Bertz CT molecular complexity index is 402. The summed E-state index contributed by atoms with van der Waals surface area (Å²) >= 11 is 11.8. The van der Waals surface area contributed by atoms with Crippen LogP contribution in [-0.4, -0.2) is 38.0 Å². The van der Waals surface area contributed by atoms with E-state index >= 15 is 0 Å². The van der Waals surface area contributed by atoms with Gasteiger partial charge in [0.25, 0.3) is 0 Å². The molecule has 0 N–H and O–H groups in total. The van der Waals surface area contributed by atoms with Crippen LogP contribution in [0.2, 0.25) is 10.0 Å². The van der Waals surface area contributed by atoms with Gasteiger partial charge in [0.05, 0.1) is 39.1 Å². The number of carbonyl (C=O) groups excluding carboxylic acids is 1. The van der Waals surface area contributed by atoms with Crippen LogP contribution in [0.3, 0.4) is 0 Å². The molecule has 1 aromatic rings. The van der Waals surface area contributed by atoms with Crippen molar-refractivity contribution in [3.05, 3.63) is 33.8 Å². The highest BCUT2D eigenvalue weighted by atomic mass is 127. The van der Waals surface area contributed by atoms with Crippen LogP contribution in [0, 0.1) is 0 Å². The van der Waals surface area contributed by atoms with Crippen molar-refractivity contribution < 1.29 is 33.3 Å². The average molecular weight is 388 g/mol. The van der Waals surface area contributed by atoms with Crippen LogP contribution in [0.5, 0.6) is 0 Å². The SMILES string of the molecule is C[N+](C)(C)CCC(=O)c1cc(Cl)ccc1Cl.[I-]. The third kappa shape index (κ3) is 6.04. The first-order valence-corrected chi connectivity index (χ1v) is 5.84. The number of rotatable bonds is 4. The highest BCUT2D eigenvalue weighted by molar-refractivity contribution is 6.35. The third-order valence-electron chi connectivity index (χ3n) is 2.24. The number of nitrogens with zero attached hydrogens (tertiary/aromatic N) is 1. The molecule has 96 valence electrons. The van der Waals surface area contributed by atoms with Crippen LogP contribution < -0.4 is 24.0 Å². The Morgan fingerprint density at radius 2 is 1.82 bits per heavy atom. The molecule has 0 aliphatic rings. The Hall–Kier alpha value is 0.160. The smallest absolute Gasteiger partial charge is 0.170 e. The van der Waals surface area contributed by atoms with Crippen LogP contribution in [0.1, 0.15) is 16.8 Å². The summed E-state index contributed by atoms with van der Waals surface area (Å²) in [5.74, 6) is 0.0422. The van der Waals surface area contributed by atoms with Gasteiger partial charge in [0.2, 0.25) is 0 Å². The maximum atomic E-state index is 11.9. The van der Waals surface area contributed by atoms with Crippen LogP contribution in [-0.2, 0) is 0 Å². The third-order valence-corrected chi connectivity index (χ3v) is 2.80. The normalized spacial score (nSPS) is 10.9. The Labute approximate surface area is 130 Å². The molecule has 1 aromatic carbocycles. The van der Waals surface area contributed by atoms with Crippen molar-refractivity contribution >= 4 is 29.0 Å². The molecule has 0 aliphatic carbocycles. The van der Waals surface area contributed by atoms with Crippen molar-refractivity contribution in [3.8, 4) is 0 Å². The first kappa shape index (κ1) is 17.2. The zero-order chi connectivity index (χ0) is 12.3. The van der Waals surface area contributed by atoms with E-state index in [0.29, 0.717) is 22.0 Å². The van der Waals surface area contributed by atoms with E-state index in [9.17, 15) is 4.79 Å². The number of quaternary nitrogens is 1. The van der Waals surface area contributed by atoms with Crippen molar-refractivity contribution in [1.82, 2.24) is 0 Å². The molecule has 17 heavy (non-hydrogen) atoms. The van der Waals surface area contributed by atoms with E-state index in [1.54, 1.807) is 18.2 Å². The van der Waals surface area contributed by atoms with Gasteiger partial charge in [0.1, 0.15) is 0 Å². The minimum atomic E-state index is 0. The van der Waals surface area contributed by atoms with E-state index in [0.717, 1.165) is 11.0 Å². The zero-order valence-corrected chi connectivity index (χ0v) is 13.8. The van der Waals surface area contributed by atoms with E-state index in [4.69, 9.17) is 23.2 Å². The molecule has 5 heteroatoms. The molecule has 0 fully saturated rings. The second kappa shape index (κ2) is 6.92. The summed E-state index contributed by atoms with van der Waals surface area (Å²) in [5, 5.41) is 1.01. The summed E-state index contributed by atoms with van der Waals surface area (Å²) in [7, 11) is 6.15. The van der Waals surface area contributed by atoms with Crippen LogP contribution in [0.15, 0.2) is 18.2 Å². The van der Waals surface area contributed by atoms with E-state index in [1.165, 1.54) is 0 Å². The summed E-state index contributed by atoms with van der Waals surface area (Å²) in [4.78, 5) is 11.9. The van der Waals surface area contributed by atoms with Gasteiger partial charge in [-0.1, -0.05) is 23.2 Å². The van der Waals surface area contributed by atoms with E-state index in [2.05, 4.69) is 0 Å². The van der Waals surface area contributed by atoms with Gasteiger partial charge in [0.15, 0.2) is 5.78 Å². The van der Waals surface area contributed by atoms with Crippen molar-refractivity contribution in [2.45, 2.75) is 6.42 Å². The molecule has 0 unspecified atom stereocenters. The Morgan fingerprint density at radius 1 is 1.24 bits per heavy atom. The molecule has 0 saturated heterocycles. The molecule has 0 atom stereocenters. The van der Waals surface area contributed by atoms with Crippen LogP contribution >= 0.6 is 23.2 Å². The lowest BCUT2D eigenvalue weighted by atomic mass is 10.1. The van der Waals surface area contributed by atoms with Gasteiger partial charge in [-0.15, -0.1) is 0 Å². The van der Waals surface area contributed by atoms with Crippen molar-refractivity contribution in [3.63, 3.8) is 0 Å². The van der Waals surface area contributed by atoms with Crippen LogP contribution in [0.25, 0.3) is 0 Å². The molecule has 0 amide bonds. The molecule has 2 nitrogen and oxygen atoms in total. The standard InChI is InChI=1S/C12H16Cl2NO.HI/c1-15(2,3)7-6-12(16)10-8-9(13)4-5-11(10)14;/h4-5,8H,6-7H2,1-3H3;1H/q+1;/p-1. The van der Waals surface area contributed by atoms with E-state index < -0.39 is 0 Å². The summed E-state index contributed by atoms with van der Waals surface area (Å²) < 4.78 is 0.754. The molecular formula is C12H16Cl2INO. The number of benzene rings is 1. The lowest BCUT2D eigenvalue weighted by molar-refractivity contribution is -0.869. The molecule has 0 aliphatic heterocycles. The van der Waals surface area contributed by atoms with Gasteiger partial charge in [-0.05, 0) is 18.2 Å². The maximum Gasteiger partial charge on any atom is 0.170 e. The Kier molecular flexibility index (Phi) is 6.99. The highest BCUT2D eigenvalue weighted by Gasteiger charge is 2.15. The largest absolute Gasteiger partial charge is 1.00 e. The van der Waals surface area contributed by atoms with Crippen molar-refractivity contribution in [2.24, 2.45) is 0 Å². The molecule has 0 saturated carbocycles. The van der Waals surface area contributed by atoms with Gasteiger partial charge in [-0.25, -0.2) is 0 Å². The predicted octanol–water partition coefficient (Wildman–Crippen LogP) is 0.276. The summed E-state index contributed by atoms with van der Waals surface area (Å²) in [6, 6.07) is 4.96. The Balaban J connectivity index is 0.00000256. The van der Waals surface area contributed by atoms with Crippen molar-refractivity contribution in [1.29, 1.82) is 0 Å². The number of carbonyl (C=O) groups is 1. The summed E-state index contributed by atoms with van der Waals surface area (Å²) in [5.41, 5.74) is 0.516.